The van der Waals surface area contributed by atoms with Crippen molar-refractivity contribution in [3.63, 3.8) is 0 Å². The molecule has 0 aromatic heterocycles. The first-order valence-electron chi connectivity index (χ1n) is 17.5. The molecule has 0 aromatic rings. The monoisotopic (exact) mass is 692 g/mol. The molecule has 280 valence electrons. The van der Waals surface area contributed by atoms with Crippen LogP contribution in [0.1, 0.15) is 83.1 Å². The van der Waals surface area contributed by atoms with Gasteiger partial charge in [0, 0.05) is 0 Å². The summed E-state index contributed by atoms with van der Waals surface area (Å²) in [5, 5.41) is 0. The first kappa shape index (κ1) is 38.7. The second kappa shape index (κ2) is 15.2. The van der Waals surface area contributed by atoms with Crippen LogP contribution in [0, 0.1) is 0 Å². The summed E-state index contributed by atoms with van der Waals surface area (Å²) in [5.41, 5.74) is 0. The number of ether oxygens (including phenoxy) is 14. The molecule has 6 saturated heterocycles. The van der Waals surface area contributed by atoms with Crippen molar-refractivity contribution in [2.24, 2.45) is 0 Å². The summed E-state index contributed by atoms with van der Waals surface area (Å²) < 4.78 is 82.3. The molecule has 6 fully saturated rings. The molecule has 14 heteroatoms. The number of hydrogen-bond acceptors (Lipinski definition) is 14. The quantitative estimate of drug-likeness (QED) is 0.276. The van der Waals surface area contributed by atoms with Crippen molar-refractivity contribution in [3.8, 4) is 0 Å². The van der Waals surface area contributed by atoms with Crippen LogP contribution in [0.4, 0.5) is 0 Å². The summed E-state index contributed by atoms with van der Waals surface area (Å²) in [6.07, 6.45) is -2.67. The van der Waals surface area contributed by atoms with E-state index in [1.54, 1.807) is 0 Å². The number of fused-ring (bicyclic) bond motifs is 4. The fourth-order valence-electron chi connectivity index (χ4n) is 6.71. The van der Waals surface area contributed by atoms with Crippen LogP contribution in [0.15, 0.2) is 0 Å². The third kappa shape index (κ3) is 9.85. The maximum absolute atomic E-state index is 6.07. The van der Waals surface area contributed by atoms with Crippen molar-refractivity contribution in [1.82, 2.24) is 0 Å². The van der Waals surface area contributed by atoms with Gasteiger partial charge in [-0.3, -0.25) is 0 Å². The second-order valence-corrected chi connectivity index (χ2v) is 15.4. The minimum absolute atomic E-state index is 0.175. The minimum Gasteiger partial charge on any atom is -0.376 e. The fraction of sp³-hybridized carbons (Fsp3) is 1.00. The van der Waals surface area contributed by atoms with Crippen LogP contribution in [-0.4, -0.2) is 136 Å². The Hall–Kier alpha value is -0.560. The Balaban J connectivity index is 0.000000188. The van der Waals surface area contributed by atoms with E-state index in [9.17, 15) is 0 Å². The van der Waals surface area contributed by atoms with Gasteiger partial charge in [0.15, 0.2) is 35.7 Å². The molecule has 0 aromatic carbocycles. The van der Waals surface area contributed by atoms with Gasteiger partial charge in [0.05, 0.1) is 51.8 Å². The summed E-state index contributed by atoms with van der Waals surface area (Å²) in [4.78, 5) is 0. The van der Waals surface area contributed by atoms with Crippen molar-refractivity contribution in [3.05, 3.63) is 0 Å². The molecule has 0 bridgehead atoms. The average molecular weight is 693 g/mol. The largest absolute Gasteiger partial charge is 0.376 e. The van der Waals surface area contributed by atoms with Crippen molar-refractivity contribution in [1.29, 1.82) is 0 Å². The van der Waals surface area contributed by atoms with Gasteiger partial charge in [0.2, 0.25) is 0 Å². The third-order valence-electron chi connectivity index (χ3n) is 8.48. The van der Waals surface area contributed by atoms with Crippen molar-refractivity contribution >= 4 is 0 Å². The van der Waals surface area contributed by atoms with E-state index in [-0.39, 0.29) is 61.0 Å². The third-order valence-corrected chi connectivity index (χ3v) is 8.48. The highest BCUT2D eigenvalue weighted by Gasteiger charge is 2.61. The van der Waals surface area contributed by atoms with E-state index in [0.29, 0.717) is 39.6 Å². The zero-order valence-corrected chi connectivity index (χ0v) is 30.9. The first-order chi connectivity index (χ1) is 22.3. The zero-order chi connectivity index (χ0) is 35.1. The fourth-order valence-corrected chi connectivity index (χ4v) is 6.71. The van der Waals surface area contributed by atoms with Gasteiger partial charge in [-0.1, -0.05) is 0 Å². The Morgan fingerprint density at radius 1 is 0.542 bits per heavy atom. The lowest BCUT2D eigenvalue weighted by atomic mass is 9.99. The summed E-state index contributed by atoms with van der Waals surface area (Å²) >= 11 is 0. The molecule has 6 aliphatic heterocycles. The van der Waals surface area contributed by atoms with Gasteiger partial charge in [0.25, 0.3) is 0 Å². The molecule has 14 nitrogen and oxygen atoms in total. The molecule has 0 N–H and O–H groups in total. The second-order valence-electron chi connectivity index (χ2n) is 15.4. The van der Waals surface area contributed by atoms with E-state index in [0.717, 1.165) is 0 Å². The molecule has 6 rings (SSSR count). The molecule has 6 aliphatic rings. The minimum atomic E-state index is -0.698. The molecular weight excluding hydrogens is 632 g/mol. The Morgan fingerprint density at radius 3 is 1.69 bits per heavy atom. The molecule has 0 amide bonds. The lowest BCUT2D eigenvalue weighted by molar-refractivity contribution is -0.243. The molecule has 0 aliphatic carbocycles. The lowest BCUT2D eigenvalue weighted by Crippen LogP contribution is -2.56. The lowest BCUT2D eigenvalue weighted by Gasteiger charge is -2.37. The van der Waals surface area contributed by atoms with Crippen LogP contribution in [0.2, 0.25) is 0 Å². The van der Waals surface area contributed by atoms with E-state index in [2.05, 4.69) is 0 Å². The molecule has 48 heavy (non-hydrogen) atoms. The Labute approximate surface area is 285 Å². The smallest absolute Gasteiger partial charge is 0.190 e. The molecular formula is C34H60O14. The van der Waals surface area contributed by atoms with Crippen molar-refractivity contribution < 1.29 is 66.3 Å². The average Bonchev–Trinajstić information content (AvgIpc) is 3.72. The SMILES string of the molecule is CC(C)OCCOC[C@H]1O[C@@H]2OC(C)(C)O[C@@H]2[C@H]2OC(C)(C)O[C@H]21.CC(C)OCCO[C@@H]1[C@@H]([C@H]2COC(C)(C)O2)OC2OC(C)(C)O[C@@H]21. The summed E-state index contributed by atoms with van der Waals surface area (Å²) in [6.45, 7) is 26.0. The molecule has 0 saturated carbocycles. The van der Waals surface area contributed by atoms with Crippen LogP contribution in [-0.2, 0) is 66.3 Å². The van der Waals surface area contributed by atoms with Crippen LogP contribution in [0.3, 0.4) is 0 Å². The van der Waals surface area contributed by atoms with E-state index < -0.39 is 35.7 Å². The van der Waals surface area contributed by atoms with Crippen LogP contribution >= 0.6 is 0 Å². The van der Waals surface area contributed by atoms with E-state index in [1.807, 2.05) is 83.1 Å². The molecule has 0 radical (unpaired) electrons. The number of hydrogen-bond donors (Lipinski definition) is 0. The van der Waals surface area contributed by atoms with Crippen LogP contribution in [0.25, 0.3) is 0 Å². The molecule has 10 atom stereocenters. The zero-order valence-electron chi connectivity index (χ0n) is 30.9. The maximum Gasteiger partial charge on any atom is 0.190 e. The standard InChI is InChI=1S/2C17H30O7/c1-10(2)18-7-8-19-13-12(11-9-20-16(3,4)22-11)21-15-14(13)23-17(5,6)24-15;1-10(2)19-8-7-18-9-11-12-13(22-16(3,4)21-12)14-15(20-11)24-17(5,6)23-14/h2*10-15H,7-9H2,1-6H3/t11-,12-,13-,14-,15?;11-,12+,13+,14-,15-/m11/s1. The Kier molecular flexibility index (Phi) is 12.2. The van der Waals surface area contributed by atoms with Crippen molar-refractivity contribution in [2.75, 3.05) is 39.6 Å². The van der Waals surface area contributed by atoms with E-state index in [1.165, 1.54) is 0 Å². The van der Waals surface area contributed by atoms with Gasteiger partial charge >= 0.3 is 0 Å². The predicted octanol–water partition coefficient (Wildman–Crippen LogP) is 3.65. The van der Waals surface area contributed by atoms with Gasteiger partial charge in [-0.05, 0) is 83.1 Å². The molecule has 0 spiro atoms. The maximum atomic E-state index is 6.07. The van der Waals surface area contributed by atoms with Crippen molar-refractivity contribution in [2.45, 2.75) is 180 Å². The number of rotatable bonds is 12. The highest BCUT2D eigenvalue weighted by Crippen LogP contribution is 2.44. The van der Waals surface area contributed by atoms with Gasteiger partial charge < -0.3 is 66.3 Å². The summed E-state index contributed by atoms with van der Waals surface area (Å²) in [7, 11) is 0. The topological polar surface area (TPSA) is 129 Å². The van der Waals surface area contributed by atoms with Gasteiger partial charge in [-0.2, -0.15) is 0 Å². The van der Waals surface area contributed by atoms with Crippen LogP contribution in [0.5, 0.6) is 0 Å². The highest BCUT2D eigenvalue weighted by atomic mass is 16.9. The summed E-state index contributed by atoms with van der Waals surface area (Å²) in [5.74, 6) is -2.67. The first-order valence-corrected chi connectivity index (χ1v) is 17.5. The van der Waals surface area contributed by atoms with Gasteiger partial charge in [-0.15, -0.1) is 0 Å². The summed E-state index contributed by atoms with van der Waals surface area (Å²) in [6, 6.07) is 0. The normalized spacial score (nSPS) is 40.1. The van der Waals surface area contributed by atoms with E-state index >= 15 is 0 Å². The Bertz CT molecular complexity index is 1030. The Morgan fingerprint density at radius 2 is 1.08 bits per heavy atom. The van der Waals surface area contributed by atoms with Gasteiger partial charge in [-0.25, -0.2) is 0 Å². The molecule has 6 heterocycles. The predicted molar refractivity (Wildman–Crippen MR) is 169 cm³/mol. The molecule has 1 unspecified atom stereocenters. The highest BCUT2D eigenvalue weighted by molar-refractivity contribution is 5.00. The van der Waals surface area contributed by atoms with Crippen LogP contribution < -0.4 is 0 Å². The van der Waals surface area contributed by atoms with E-state index in [4.69, 9.17) is 66.3 Å². The van der Waals surface area contributed by atoms with Gasteiger partial charge in [0.1, 0.15) is 48.8 Å².